The van der Waals surface area contributed by atoms with Gasteiger partial charge in [0.05, 0.1) is 0 Å². The van der Waals surface area contributed by atoms with Crippen molar-refractivity contribution >= 4 is 5.78 Å². The molecule has 0 aliphatic rings. The molecule has 1 heteroatoms. The molecule has 0 saturated carbocycles. The quantitative estimate of drug-likeness (QED) is 0.673. The fourth-order valence-electron chi connectivity index (χ4n) is 1.82. The number of carbonyl (C=O) groups is 1. The summed E-state index contributed by atoms with van der Waals surface area (Å²) in [6, 6.07) is 14.2. The van der Waals surface area contributed by atoms with E-state index in [1.807, 2.05) is 38.1 Å². The normalized spacial score (nSPS) is 9.53. The van der Waals surface area contributed by atoms with Crippen molar-refractivity contribution in [2.45, 2.75) is 34.6 Å². The Bertz CT molecular complexity index is 550. The zero-order chi connectivity index (χ0) is 14.4. The van der Waals surface area contributed by atoms with Gasteiger partial charge in [-0.2, -0.15) is 0 Å². The topological polar surface area (TPSA) is 17.1 Å². The van der Waals surface area contributed by atoms with E-state index in [2.05, 4.69) is 32.0 Å². The predicted molar refractivity (Wildman–Crippen MR) is 82.7 cm³/mol. The Balaban J connectivity index is 0.000000861. The first-order chi connectivity index (χ1) is 9.08. The lowest BCUT2D eigenvalue weighted by Crippen LogP contribution is -1.91. The summed E-state index contributed by atoms with van der Waals surface area (Å²) in [4.78, 5) is 11.2. The minimum atomic E-state index is 0.108. The fraction of sp³-hybridized carbons (Fsp3) is 0.278. The lowest BCUT2D eigenvalue weighted by Gasteiger charge is -2.06. The van der Waals surface area contributed by atoms with E-state index in [4.69, 9.17) is 0 Å². The predicted octanol–water partition coefficient (Wildman–Crippen LogP) is 5.20. The highest BCUT2D eigenvalue weighted by molar-refractivity contribution is 5.94. The Hall–Kier alpha value is -1.89. The van der Waals surface area contributed by atoms with Crippen LogP contribution in [0.1, 0.15) is 42.3 Å². The van der Waals surface area contributed by atoms with Gasteiger partial charge in [-0.3, -0.25) is 4.79 Å². The van der Waals surface area contributed by atoms with E-state index >= 15 is 0 Å². The van der Waals surface area contributed by atoms with Gasteiger partial charge in [0.2, 0.25) is 0 Å². The van der Waals surface area contributed by atoms with Crippen molar-refractivity contribution in [3.8, 4) is 11.1 Å². The molecule has 0 amide bonds. The molecule has 19 heavy (non-hydrogen) atoms. The van der Waals surface area contributed by atoms with E-state index in [-0.39, 0.29) is 5.78 Å². The summed E-state index contributed by atoms with van der Waals surface area (Å²) in [5, 5.41) is 0. The van der Waals surface area contributed by atoms with E-state index in [1.54, 1.807) is 6.92 Å². The molecule has 0 N–H and O–H groups in total. The van der Waals surface area contributed by atoms with Gasteiger partial charge in [-0.1, -0.05) is 56.3 Å². The largest absolute Gasteiger partial charge is 0.295 e. The number of hydrogen-bond donors (Lipinski definition) is 0. The summed E-state index contributed by atoms with van der Waals surface area (Å²) in [5.74, 6) is 0.108. The molecule has 0 aromatic heterocycles. The first kappa shape index (κ1) is 15.2. The van der Waals surface area contributed by atoms with Crippen LogP contribution in [0.15, 0.2) is 42.5 Å². The molecule has 0 aliphatic carbocycles. The maximum Gasteiger partial charge on any atom is 0.159 e. The maximum atomic E-state index is 11.2. The molecular weight excluding hydrogens is 232 g/mol. The van der Waals surface area contributed by atoms with E-state index in [0.717, 1.165) is 11.1 Å². The van der Waals surface area contributed by atoms with Crippen LogP contribution in [0.5, 0.6) is 0 Å². The minimum absolute atomic E-state index is 0.108. The standard InChI is InChI=1S/C16H16O.C2H6/c1-11-4-5-16(10-12(11)2)15-8-6-14(7-9-15)13(3)17;1-2/h4-10H,1-3H3;1-2H3. The molecule has 2 aromatic rings. The summed E-state index contributed by atoms with van der Waals surface area (Å²) in [5.41, 5.74) is 5.70. The Morgan fingerprint density at radius 1 is 0.789 bits per heavy atom. The molecule has 0 atom stereocenters. The SMILES string of the molecule is CC.CC(=O)c1ccc(-c2ccc(C)c(C)c2)cc1. The lowest BCUT2D eigenvalue weighted by molar-refractivity contribution is 0.101. The number of hydrogen-bond acceptors (Lipinski definition) is 1. The van der Waals surface area contributed by atoms with Gasteiger partial charge in [-0.15, -0.1) is 0 Å². The summed E-state index contributed by atoms with van der Waals surface area (Å²) < 4.78 is 0. The third-order valence-corrected chi connectivity index (χ3v) is 3.13. The molecule has 0 aliphatic heterocycles. The third-order valence-electron chi connectivity index (χ3n) is 3.13. The molecule has 0 fully saturated rings. The van der Waals surface area contributed by atoms with Gasteiger partial charge in [0.25, 0.3) is 0 Å². The van der Waals surface area contributed by atoms with Crippen molar-refractivity contribution in [3.05, 3.63) is 59.2 Å². The Kier molecular flexibility index (Phi) is 5.50. The first-order valence-electron chi connectivity index (χ1n) is 6.76. The van der Waals surface area contributed by atoms with Gasteiger partial charge in [0.1, 0.15) is 0 Å². The number of carbonyl (C=O) groups excluding carboxylic acids is 1. The van der Waals surface area contributed by atoms with Crippen LogP contribution in [0.3, 0.4) is 0 Å². The second-order valence-corrected chi connectivity index (χ2v) is 4.43. The van der Waals surface area contributed by atoms with E-state index in [0.29, 0.717) is 0 Å². The molecule has 0 spiro atoms. The van der Waals surface area contributed by atoms with E-state index < -0.39 is 0 Å². The molecule has 100 valence electrons. The number of ketones is 1. The second kappa shape index (κ2) is 6.89. The van der Waals surface area contributed by atoms with Crippen LogP contribution in [-0.2, 0) is 0 Å². The van der Waals surface area contributed by atoms with Crippen LogP contribution in [0, 0.1) is 13.8 Å². The highest BCUT2D eigenvalue weighted by Gasteiger charge is 2.02. The van der Waals surface area contributed by atoms with Crippen molar-refractivity contribution < 1.29 is 4.79 Å². The van der Waals surface area contributed by atoms with Crippen LogP contribution < -0.4 is 0 Å². The minimum Gasteiger partial charge on any atom is -0.295 e. The molecule has 0 radical (unpaired) electrons. The van der Waals surface area contributed by atoms with Crippen molar-refractivity contribution in [1.29, 1.82) is 0 Å². The maximum absolute atomic E-state index is 11.2. The Labute approximate surface area is 116 Å². The number of Topliss-reactive ketones (excluding diaryl/α,β-unsaturated/α-hetero) is 1. The highest BCUT2D eigenvalue weighted by Crippen LogP contribution is 2.22. The number of aryl methyl sites for hydroxylation is 2. The molecule has 0 bridgehead atoms. The summed E-state index contributed by atoms with van der Waals surface area (Å²) >= 11 is 0. The summed E-state index contributed by atoms with van der Waals surface area (Å²) in [7, 11) is 0. The average Bonchev–Trinajstić information content (AvgIpc) is 2.44. The fourth-order valence-corrected chi connectivity index (χ4v) is 1.82. The van der Waals surface area contributed by atoms with Crippen LogP contribution in [-0.4, -0.2) is 5.78 Å². The van der Waals surface area contributed by atoms with Crippen molar-refractivity contribution in [3.63, 3.8) is 0 Å². The van der Waals surface area contributed by atoms with Crippen LogP contribution >= 0.6 is 0 Å². The molecule has 0 unspecified atom stereocenters. The molecular formula is C18H22O. The molecule has 2 rings (SSSR count). The molecule has 2 aromatic carbocycles. The Morgan fingerprint density at radius 2 is 1.32 bits per heavy atom. The van der Waals surface area contributed by atoms with E-state index in [1.165, 1.54) is 16.7 Å². The summed E-state index contributed by atoms with van der Waals surface area (Å²) in [6.07, 6.45) is 0. The average molecular weight is 254 g/mol. The zero-order valence-electron chi connectivity index (χ0n) is 12.4. The highest BCUT2D eigenvalue weighted by atomic mass is 16.1. The number of rotatable bonds is 2. The molecule has 1 nitrogen and oxygen atoms in total. The van der Waals surface area contributed by atoms with Gasteiger partial charge in [-0.25, -0.2) is 0 Å². The first-order valence-corrected chi connectivity index (χ1v) is 6.76. The number of benzene rings is 2. The van der Waals surface area contributed by atoms with E-state index in [9.17, 15) is 4.79 Å². The van der Waals surface area contributed by atoms with Gasteiger partial charge < -0.3 is 0 Å². The van der Waals surface area contributed by atoms with Gasteiger partial charge in [-0.05, 0) is 43.0 Å². The van der Waals surface area contributed by atoms with Crippen molar-refractivity contribution in [2.75, 3.05) is 0 Å². The Morgan fingerprint density at radius 3 is 1.79 bits per heavy atom. The zero-order valence-corrected chi connectivity index (χ0v) is 12.4. The van der Waals surface area contributed by atoms with Crippen molar-refractivity contribution in [1.82, 2.24) is 0 Å². The second-order valence-electron chi connectivity index (χ2n) is 4.43. The smallest absolute Gasteiger partial charge is 0.159 e. The van der Waals surface area contributed by atoms with Crippen LogP contribution in [0.2, 0.25) is 0 Å². The third kappa shape index (κ3) is 3.78. The lowest BCUT2D eigenvalue weighted by atomic mass is 9.99. The van der Waals surface area contributed by atoms with Gasteiger partial charge >= 0.3 is 0 Å². The summed E-state index contributed by atoms with van der Waals surface area (Å²) in [6.45, 7) is 9.81. The van der Waals surface area contributed by atoms with Gasteiger partial charge in [0, 0.05) is 5.56 Å². The van der Waals surface area contributed by atoms with Crippen molar-refractivity contribution in [2.24, 2.45) is 0 Å². The van der Waals surface area contributed by atoms with Crippen LogP contribution in [0.25, 0.3) is 11.1 Å². The van der Waals surface area contributed by atoms with Gasteiger partial charge in [0.15, 0.2) is 5.78 Å². The molecule has 0 saturated heterocycles. The monoisotopic (exact) mass is 254 g/mol. The molecule has 0 heterocycles. The van der Waals surface area contributed by atoms with Crippen LogP contribution in [0.4, 0.5) is 0 Å².